The van der Waals surface area contributed by atoms with Gasteiger partial charge in [0.1, 0.15) is 12.3 Å². The SMILES string of the molecule is O=C(CN1C(=O)COc2ccc(Cl)cc21)Nc1ccc2c(c1)OCO2. The normalized spacial score (nSPS) is 14.8. The smallest absolute Gasteiger partial charge is 0.265 e. The van der Waals surface area contributed by atoms with Crippen molar-refractivity contribution in [1.29, 1.82) is 0 Å². The summed E-state index contributed by atoms with van der Waals surface area (Å²) in [6.07, 6.45) is 0. The fourth-order valence-electron chi connectivity index (χ4n) is 2.67. The molecule has 0 spiro atoms. The molecule has 4 rings (SSSR count). The number of benzene rings is 2. The summed E-state index contributed by atoms with van der Waals surface area (Å²) < 4.78 is 15.9. The summed E-state index contributed by atoms with van der Waals surface area (Å²) in [5, 5.41) is 3.20. The number of amides is 2. The molecule has 0 aliphatic carbocycles. The standard InChI is InChI=1S/C17H13ClN2O5/c18-10-1-3-13-12(5-10)20(17(22)8-23-13)7-16(21)19-11-2-4-14-15(6-11)25-9-24-14/h1-6H,7-9H2,(H,19,21). The highest BCUT2D eigenvalue weighted by Crippen LogP contribution is 2.35. The molecule has 0 bridgehead atoms. The van der Waals surface area contributed by atoms with Gasteiger partial charge in [-0.05, 0) is 30.3 Å². The van der Waals surface area contributed by atoms with Crippen molar-refractivity contribution >= 4 is 34.8 Å². The highest BCUT2D eigenvalue weighted by molar-refractivity contribution is 6.31. The van der Waals surface area contributed by atoms with E-state index in [0.29, 0.717) is 33.6 Å². The van der Waals surface area contributed by atoms with Crippen LogP contribution in [0.25, 0.3) is 0 Å². The summed E-state index contributed by atoms with van der Waals surface area (Å²) in [6, 6.07) is 10.0. The van der Waals surface area contributed by atoms with Crippen molar-refractivity contribution in [3.05, 3.63) is 41.4 Å². The maximum absolute atomic E-state index is 12.4. The first kappa shape index (κ1) is 15.6. The van der Waals surface area contributed by atoms with Gasteiger partial charge in [-0.1, -0.05) is 11.6 Å². The largest absolute Gasteiger partial charge is 0.482 e. The Labute approximate surface area is 148 Å². The summed E-state index contributed by atoms with van der Waals surface area (Å²) in [6.45, 7) is -0.109. The number of carbonyl (C=O) groups excluding carboxylic acids is 2. The molecule has 128 valence electrons. The van der Waals surface area contributed by atoms with E-state index in [0.717, 1.165) is 0 Å². The number of hydrogen-bond acceptors (Lipinski definition) is 5. The van der Waals surface area contributed by atoms with E-state index in [1.165, 1.54) is 4.90 Å². The highest BCUT2D eigenvalue weighted by Gasteiger charge is 2.27. The number of anilines is 2. The van der Waals surface area contributed by atoms with Crippen LogP contribution in [0, 0.1) is 0 Å². The molecule has 0 fully saturated rings. The summed E-state index contributed by atoms with van der Waals surface area (Å²) in [5.74, 6) is 1.05. The third-order valence-electron chi connectivity index (χ3n) is 3.82. The zero-order valence-electron chi connectivity index (χ0n) is 13.0. The van der Waals surface area contributed by atoms with E-state index in [1.54, 1.807) is 36.4 Å². The fraction of sp³-hybridized carbons (Fsp3) is 0.176. The van der Waals surface area contributed by atoms with Crippen molar-refractivity contribution in [2.45, 2.75) is 0 Å². The highest BCUT2D eigenvalue weighted by atomic mass is 35.5. The van der Waals surface area contributed by atoms with E-state index < -0.39 is 0 Å². The Bertz CT molecular complexity index is 870. The van der Waals surface area contributed by atoms with E-state index >= 15 is 0 Å². The second-order valence-corrected chi connectivity index (χ2v) is 5.93. The summed E-state index contributed by atoms with van der Waals surface area (Å²) in [4.78, 5) is 25.9. The number of carbonyl (C=O) groups is 2. The lowest BCUT2D eigenvalue weighted by Gasteiger charge is -2.29. The number of halogens is 1. The quantitative estimate of drug-likeness (QED) is 0.909. The molecule has 2 aromatic carbocycles. The van der Waals surface area contributed by atoms with Crippen LogP contribution < -0.4 is 24.4 Å². The predicted molar refractivity (Wildman–Crippen MR) is 90.5 cm³/mol. The van der Waals surface area contributed by atoms with E-state index in [9.17, 15) is 9.59 Å². The maximum Gasteiger partial charge on any atom is 0.265 e. The molecule has 2 amide bonds. The number of hydrogen-bond donors (Lipinski definition) is 1. The lowest BCUT2D eigenvalue weighted by atomic mass is 10.2. The number of nitrogens with zero attached hydrogens (tertiary/aromatic N) is 1. The first-order valence-corrected chi connectivity index (χ1v) is 7.90. The Morgan fingerprint density at radius 1 is 1.08 bits per heavy atom. The van der Waals surface area contributed by atoms with Gasteiger partial charge in [-0.25, -0.2) is 0 Å². The molecule has 0 aromatic heterocycles. The van der Waals surface area contributed by atoms with Crippen LogP contribution in [0.4, 0.5) is 11.4 Å². The van der Waals surface area contributed by atoms with Crippen LogP contribution in [0.1, 0.15) is 0 Å². The summed E-state index contributed by atoms with van der Waals surface area (Å²) in [5.41, 5.74) is 1.03. The Morgan fingerprint density at radius 3 is 2.76 bits per heavy atom. The molecule has 2 aromatic rings. The van der Waals surface area contributed by atoms with Gasteiger partial charge in [-0.3, -0.25) is 14.5 Å². The molecular formula is C17H13ClN2O5. The van der Waals surface area contributed by atoms with Crippen molar-refractivity contribution < 1.29 is 23.8 Å². The number of nitrogens with one attached hydrogen (secondary N) is 1. The van der Waals surface area contributed by atoms with Gasteiger partial charge in [-0.15, -0.1) is 0 Å². The summed E-state index contributed by atoms with van der Waals surface area (Å²) >= 11 is 5.99. The van der Waals surface area contributed by atoms with Crippen LogP contribution in [0.2, 0.25) is 5.02 Å². The molecule has 7 nitrogen and oxygen atoms in total. The Kier molecular flexibility index (Phi) is 3.85. The van der Waals surface area contributed by atoms with Crippen molar-refractivity contribution in [2.75, 3.05) is 30.2 Å². The molecule has 2 aliphatic heterocycles. The minimum Gasteiger partial charge on any atom is -0.482 e. The second kappa shape index (κ2) is 6.18. The van der Waals surface area contributed by atoms with Crippen LogP contribution in [-0.4, -0.2) is 31.8 Å². The third kappa shape index (κ3) is 3.06. The van der Waals surface area contributed by atoms with Crippen LogP contribution in [0.3, 0.4) is 0 Å². The van der Waals surface area contributed by atoms with E-state index in [1.807, 2.05) is 0 Å². The number of rotatable bonds is 3. The lowest BCUT2D eigenvalue weighted by molar-refractivity contribution is -0.123. The average molecular weight is 361 g/mol. The van der Waals surface area contributed by atoms with Crippen molar-refractivity contribution in [2.24, 2.45) is 0 Å². The van der Waals surface area contributed by atoms with Crippen LogP contribution in [0.15, 0.2) is 36.4 Å². The van der Waals surface area contributed by atoms with E-state index in [-0.39, 0.29) is 31.8 Å². The topological polar surface area (TPSA) is 77.1 Å². The molecule has 0 radical (unpaired) electrons. The third-order valence-corrected chi connectivity index (χ3v) is 4.06. The number of fused-ring (bicyclic) bond motifs is 2. The number of ether oxygens (including phenoxy) is 3. The first-order valence-electron chi connectivity index (χ1n) is 7.52. The van der Waals surface area contributed by atoms with Crippen LogP contribution in [-0.2, 0) is 9.59 Å². The molecule has 8 heteroatoms. The molecule has 0 unspecified atom stereocenters. The van der Waals surface area contributed by atoms with Gasteiger partial charge >= 0.3 is 0 Å². The molecule has 0 atom stereocenters. The predicted octanol–water partition coefficient (Wildman–Crippen LogP) is 2.43. The van der Waals surface area contributed by atoms with Gasteiger partial charge in [0.25, 0.3) is 5.91 Å². The molecular weight excluding hydrogens is 348 g/mol. The van der Waals surface area contributed by atoms with Crippen LogP contribution in [0.5, 0.6) is 17.2 Å². The molecule has 0 saturated heterocycles. The molecule has 1 N–H and O–H groups in total. The van der Waals surface area contributed by atoms with Crippen molar-refractivity contribution in [3.63, 3.8) is 0 Å². The van der Waals surface area contributed by atoms with Crippen molar-refractivity contribution in [3.8, 4) is 17.2 Å². The van der Waals surface area contributed by atoms with Crippen LogP contribution >= 0.6 is 11.6 Å². The van der Waals surface area contributed by atoms with Crippen molar-refractivity contribution in [1.82, 2.24) is 0 Å². The Hall–Kier alpha value is -2.93. The monoisotopic (exact) mass is 360 g/mol. The minimum atomic E-state index is -0.347. The van der Waals surface area contributed by atoms with Gasteiger partial charge < -0.3 is 19.5 Å². The Morgan fingerprint density at radius 2 is 1.88 bits per heavy atom. The van der Waals surface area contributed by atoms with Gasteiger partial charge in [-0.2, -0.15) is 0 Å². The van der Waals surface area contributed by atoms with Gasteiger partial charge in [0.2, 0.25) is 12.7 Å². The second-order valence-electron chi connectivity index (χ2n) is 5.50. The van der Waals surface area contributed by atoms with E-state index in [2.05, 4.69) is 5.32 Å². The zero-order chi connectivity index (χ0) is 17.4. The lowest BCUT2D eigenvalue weighted by Crippen LogP contribution is -2.43. The average Bonchev–Trinajstić information content (AvgIpc) is 3.05. The fourth-order valence-corrected chi connectivity index (χ4v) is 2.83. The Balaban J connectivity index is 1.51. The molecule has 2 aliphatic rings. The van der Waals surface area contributed by atoms with E-state index in [4.69, 9.17) is 25.8 Å². The molecule has 2 heterocycles. The van der Waals surface area contributed by atoms with Gasteiger partial charge in [0.15, 0.2) is 18.1 Å². The molecule has 25 heavy (non-hydrogen) atoms. The minimum absolute atomic E-state index is 0.119. The summed E-state index contributed by atoms with van der Waals surface area (Å²) in [7, 11) is 0. The molecule has 0 saturated carbocycles. The maximum atomic E-state index is 12.4. The first-order chi connectivity index (χ1) is 12.1. The van der Waals surface area contributed by atoms with Gasteiger partial charge in [0, 0.05) is 16.8 Å². The van der Waals surface area contributed by atoms with Gasteiger partial charge in [0.05, 0.1) is 5.69 Å². The zero-order valence-corrected chi connectivity index (χ0v) is 13.7.